The summed E-state index contributed by atoms with van der Waals surface area (Å²) in [5.74, 6) is 4.18. The van der Waals surface area contributed by atoms with Crippen molar-refractivity contribution in [3.63, 3.8) is 0 Å². The number of allylic oxidation sites excluding steroid dienone is 1. The number of nitrogens with zero attached hydrogens (tertiary/aromatic N) is 17. The number of aromatic nitrogens is 11. The minimum absolute atomic E-state index is 0.0377. The average Bonchev–Trinajstić information content (AvgIpc) is 2.90. The van der Waals surface area contributed by atoms with E-state index in [1.54, 1.807) is 38.0 Å². The fraction of sp³-hybridized carbons (Fsp3) is 0.492. The van der Waals surface area contributed by atoms with Crippen LogP contribution in [0.5, 0.6) is 0 Å². The first-order chi connectivity index (χ1) is 40.0. The molecule has 83 heavy (non-hydrogen) atoms. The van der Waals surface area contributed by atoms with Gasteiger partial charge in [0, 0.05) is 94.4 Å². The summed E-state index contributed by atoms with van der Waals surface area (Å²) in [5.41, 5.74) is 6.71. The lowest BCUT2D eigenvalue weighted by Gasteiger charge is -2.55. The maximum Gasteiger partial charge on any atom is 0.261 e. The maximum absolute atomic E-state index is 12.2. The molecule has 24 nitrogen and oxygen atoms in total. The molecule has 430 valence electrons. The van der Waals surface area contributed by atoms with Crippen LogP contribution in [-0.2, 0) is 9.59 Å². The Hall–Kier alpha value is -9.08. The average molecular weight is 1120 g/mol. The lowest BCUT2D eigenvalue weighted by molar-refractivity contribution is -0.153. The molecular formula is C59H71N21O3. The molecule has 0 radical (unpaired) electrons. The fourth-order valence-corrected chi connectivity index (χ4v) is 13.0. The van der Waals surface area contributed by atoms with Gasteiger partial charge in [0.2, 0.25) is 11.8 Å². The number of H-pyrrole nitrogens is 3. The molecule has 7 aromatic heterocycles. The maximum atomic E-state index is 12.2. The molecular weight excluding hydrogens is 1050 g/mol. The van der Waals surface area contributed by atoms with E-state index in [1.807, 2.05) is 66.5 Å². The Kier molecular flexibility index (Phi) is 16.4. The van der Waals surface area contributed by atoms with Gasteiger partial charge in [0.25, 0.3) is 5.91 Å². The third kappa shape index (κ3) is 11.1. The highest BCUT2D eigenvalue weighted by molar-refractivity contribution is 5.95. The Morgan fingerprint density at radius 3 is 1.39 bits per heavy atom. The molecule has 0 saturated carbocycles. The van der Waals surface area contributed by atoms with Crippen LogP contribution in [0.3, 0.4) is 0 Å². The number of hydrogen-bond donors (Lipinski definition) is 4. The molecule has 0 unspecified atom stereocenters. The number of hydrogen-bond acceptors (Lipinski definition) is 18. The van der Waals surface area contributed by atoms with E-state index >= 15 is 0 Å². The number of aryl methyl sites for hydroxylation is 2. The number of anilines is 3. The molecule has 0 bridgehead atoms. The number of nitriles is 3. The molecule has 6 saturated heterocycles. The number of aliphatic imine (C=N–C) groups is 1. The minimum Gasteiger partial charge on any atom is -0.354 e. The normalized spacial score (nSPS) is 24.4. The zero-order chi connectivity index (χ0) is 58.6. The van der Waals surface area contributed by atoms with Gasteiger partial charge in [-0.05, 0) is 95.1 Å². The molecule has 0 aromatic carbocycles. The number of carbonyl (C=O) groups is 3. The Morgan fingerprint density at radius 1 is 0.602 bits per heavy atom. The summed E-state index contributed by atoms with van der Waals surface area (Å²) in [7, 11) is 0. The molecule has 14 heterocycles. The zero-order valence-electron chi connectivity index (χ0n) is 48.2. The molecule has 24 heteroatoms. The number of likely N-dealkylation sites (tertiary alicyclic amines) is 2. The second-order valence-electron chi connectivity index (χ2n) is 23.0. The first-order valence-corrected chi connectivity index (χ1v) is 28.3. The van der Waals surface area contributed by atoms with Crippen molar-refractivity contribution < 1.29 is 14.4 Å². The van der Waals surface area contributed by atoms with Crippen LogP contribution in [0.1, 0.15) is 89.3 Å². The number of rotatable bonds is 6. The van der Waals surface area contributed by atoms with Crippen molar-refractivity contribution in [1.82, 2.24) is 69.8 Å². The third-order valence-corrected chi connectivity index (χ3v) is 17.9. The van der Waals surface area contributed by atoms with Crippen LogP contribution >= 0.6 is 0 Å². The van der Waals surface area contributed by atoms with Gasteiger partial charge >= 0.3 is 0 Å². The lowest BCUT2D eigenvalue weighted by Crippen LogP contribution is -2.69. The third-order valence-electron chi connectivity index (χ3n) is 17.9. The van der Waals surface area contributed by atoms with Crippen LogP contribution < -0.4 is 20.0 Å². The van der Waals surface area contributed by atoms with Gasteiger partial charge in [-0.1, -0.05) is 26.3 Å². The second-order valence-corrected chi connectivity index (χ2v) is 23.0. The van der Waals surface area contributed by atoms with Gasteiger partial charge < -0.3 is 44.8 Å². The Labute approximate surface area is 481 Å². The highest BCUT2D eigenvalue weighted by Crippen LogP contribution is 2.47. The largest absolute Gasteiger partial charge is 0.354 e. The smallest absolute Gasteiger partial charge is 0.261 e. The molecule has 7 aliphatic rings. The van der Waals surface area contributed by atoms with E-state index in [9.17, 15) is 14.4 Å². The topological polar surface area (TPSA) is 306 Å². The molecule has 3 spiro atoms. The van der Waals surface area contributed by atoms with E-state index in [2.05, 4.69) is 115 Å². The van der Waals surface area contributed by atoms with Crippen LogP contribution in [0.4, 0.5) is 17.5 Å². The lowest BCUT2D eigenvalue weighted by atomic mass is 9.74. The number of nitrogens with one attached hydrogen (secondary N) is 4. The Balaban J connectivity index is 0.000000121. The predicted molar refractivity (Wildman–Crippen MR) is 314 cm³/mol. The van der Waals surface area contributed by atoms with E-state index in [4.69, 9.17) is 15.8 Å². The van der Waals surface area contributed by atoms with Crippen molar-refractivity contribution in [3.05, 3.63) is 84.9 Å². The molecule has 4 N–H and O–H groups in total. The van der Waals surface area contributed by atoms with Gasteiger partial charge in [0.1, 0.15) is 72.6 Å². The monoisotopic (exact) mass is 1120 g/mol. The summed E-state index contributed by atoms with van der Waals surface area (Å²) in [6, 6.07) is 13.6. The van der Waals surface area contributed by atoms with Crippen molar-refractivity contribution in [2.24, 2.45) is 22.7 Å². The number of aromatic amines is 3. The van der Waals surface area contributed by atoms with Gasteiger partial charge in [-0.2, -0.15) is 20.9 Å². The van der Waals surface area contributed by atoms with Crippen molar-refractivity contribution in [2.75, 3.05) is 80.1 Å². The van der Waals surface area contributed by atoms with Crippen LogP contribution in [0.15, 0.2) is 78.5 Å². The summed E-state index contributed by atoms with van der Waals surface area (Å²) >= 11 is 0. The molecule has 7 aliphatic heterocycles. The van der Waals surface area contributed by atoms with Crippen molar-refractivity contribution >= 4 is 74.0 Å². The first kappa shape index (κ1) is 57.2. The van der Waals surface area contributed by atoms with Crippen LogP contribution in [0.25, 0.3) is 33.1 Å². The van der Waals surface area contributed by atoms with Gasteiger partial charge in [-0.15, -0.1) is 0 Å². The molecule has 2 amide bonds. The van der Waals surface area contributed by atoms with Crippen molar-refractivity contribution in [3.8, 4) is 18.2 Å². The van der Waals surface area contributed by atoms with Crippen molar-refractivity contribution in [2.45, 2.75) is 104 Å². The highest BCUT2D eigenvalue weighted by atomic mass is 16.2. The van der Waals surface area contributed by atoms with E-state index in [0.717, 1.165) is 152 Å². The standard InChI is InChI=1S/2C16H18N6O.C13H17N5.C8H9N3O.C6H9N/c2*1-11-8-22(13(23)2-5-17)16(11)4-7-21(9-16)15-12-3-6-18-14(12)19-10-20-15;1-9-6-17-13(9)3-5-18(7-13)12-10-2-4-14-11(10)15-8-16-12;1-6-5-7(2)11(10-6)8(12)3-4-9;1-5-3-6(2)7-4-5/h2*3,6,10-11H,2,4,7-9H2,1H3,(H,18,19,20);2,4,8-9,17H,3,5-7H2,1H3,(H,14,15,16);5H,3H2,1-2H3;3H,4H2,1-2H3/t2*11-,16-;9-,13-;;/m000../s1. The Bertz CT molecular complexity index is 3610. The van der Waals surface area contributed by atoms with Gasteiger partial charge in [0.15, 0.2) is 0 Å². The zero-order valence-corrected chi connectivity index (χ0v) is 48.2. The molecule has 0 aliphatic carbocycles. The SMILES string of the molecule is CC1=CC(C)=NC1.C[C@H]1CN(C(=O)CC#N)[C@]12CCN(c1ncnc3[nH]ccc13)C2.C[C@H]1CN(C(=O)CC#N)[C@]12CCN(c1ncnc3[nH]ccc13)C2.C[C@H]1CN[C@]12CCN(c1ncnc3[nH]ccc13)C2.Cc1cc(C)n(C(=O)CC#N)n1. The van der Waals surface area contributed by atoms with E-state index in [1.165, 1.54) is 16.7 Å². The molecule has 6 atom stereocenters. The van der Waals surface area contributed by atoms with E-state index in [0.29, 0.717) is 17.4 Å². The molecule has 14 rings (SSSR count). The summed E-state index contributed by atoms with van der Waals surface area (Å²) in [6.07, 6.45) is 15.4. The summed E-state index contributed by atoms with van der Waals surface area (Å²) in [6.45, 7) is 23.4. The molecule has 7 aromatic rings. The number of fused-ring (bicyclic) bond motifs is 3. The first-order valence-electron chi connectivity index (χ1n) is 28.3. The number of amides is 2. The van der Waals surface area contributed by atoms with E-state index < -0.39 is 0 Å². The highest BCUT2D eigenvalue weighted by Gasteiger charge is 2.58. The number of carbonyl (C=O) groups excluding carboxylic acids is 3. The van der Waals surface area contributed by atoms with E-state index in [-0.39, 0.29) is 48.1 Å². The van der Waals surface area contributed by atoms with Crippen LogP contribution in [0.2, 0.25) is 0 Å². The van der Waals surface area contributed by atoms with Gasteiger partial charge in [-0.25, -0.2) is 34.6 Å². The fourth-order valence-electron chi connectivity index (χ4n) is 13.0. The van der Waals surface area contributed by atoms with Gasteiger partial charge in [-0.3, -0.25) is 19.4 Å². The van der Waals surface area contributed by atoms with Crippen LogP contribution in [0, 0.1) is 65.6 Å². The summed E-state index contributed by atoms with van der Waals surface area (Å²) in [4.78, 5) is 85.8. The quantitative estimate of drug-likeness (QED) is 0.144. The van der Waals surface area contributed by atoms with Gasteiger partial charge in [0.05, 0.1) is 57.7 Å². The summed E-state index contributed by atoms with van der Waals surface area (Å²) < 4.78 is 1.26. The Morgan fingerprint density at radius 2 is 1.05 bits per heavy atom. The second kappa shape index (κ2) is 23.8. The van der Waals surface area contributed by atoms with Crippen LogP contribution in [-0.4, -0.2) is 170 Å². The van der Waals surface area contributed by atoms with Crippen molar-refractivity contribution in [1.29, 1.82) is 15.8 Å². The molecule has 6 fully saturated rings. The predicted octanol–water partition coefficient (Wildman–Crippen LogP) is 6.20. The summed E-state index contributed by atoms with van der Waals surface area (Å²) in [5, 5.41) is 36.6. The minimum atomic E-state index is -0.275.